The molecule has 2 aromatic carbocycles. The molecule has 2 aromatic rings. The molecular formula is C25H36FN3O3S. The van der Waals surface area contributed by atoms with Crippen LogP contribution in [0.5, 0.6) is 0 Å². The molecular weight excluding hydrogens is 441 g/mol. The highest BCUT2D eigenvalue weighted by Gasteiger charge is 2.29. The van der Waals surface area contributed by atoms with E-state index in [2.05, 4.69) is 5.32 Å². The summed E-state index contributed by atoms with van der Waals surface area (Å²) in [5.41, 5.74) is 2.09. The van der Waals surface area contributed by atoms with Gasteiger partial charge in [-0.2, -0.15) is 4.31 Å². The van der Waals surface area contributed by atoms with Crippen molar-refractivity contribution >= 4 is 27.3 Å². The Balaban J connectivity index is 2.45. The molecule has 0 aliphatic heterocycles. The van der Waals surface area contributed by atoms with Crippen LogP contribution >= 0.6 is 0 Å². The number of hydrogen-bond donors (Lipinski definition) is 1. The highest BCUT2D eigenvalue weighted by molar-refractivity contribution is 7.89. The Labute approximate surface area is 197 Å². The third-order valence-electron chi connectivity index (χ3n) is 5.36. The number of carbonyl (C=O) groups excluding carboxylic acids is 1. The first-order valence-electron chi connectivity index (χ1n) is 11.1. The standard InChI is InChI=1S/C25H36FN3O3S/c1-8-18(2)29(33(31,32)22-12-9-20(26)10-13-22)17-19-15-21(11-14-23(19)28(6)7)27-24(30)16-25(3,4)5/h9-15,18H,8,16-17H2,1-7H3,(H,27,30)/t18-/m0/s1. The predicted octanol–water partition coefficient (Wildman–Crippen LogP) is 5.26. The van der Waals surface area contributed by atoms with E-state index < -0.39 is 15.8 Å². The third kappa shape index (κ3) is 7.27. The summed E-state index contributed by atoms with van der Waals surface area (Å²) in [5, 5.41) is 2.93. The maximum Gasteiger partial charge on any atom is 0.243 e. The van der Waals surface area contributed by atoms with Crippen LogP contribution < -0.4 is 10.2 Å². The van der Waals surface area contributed by atoms with E-state index in [1.54, 1.807) is 0 Å². The minimum atomic E-state index is -3.87. The summed E-state index contributed by atoms with van der Waals surface area (Å²) in [6.07, 6.45) is 0.982. The van der Waals surface area contributed by atoms with Crippen molar-refractivity contribution < 1.29 is 17.6 Å². The van der Waals surface area contributed by atoms with Gasteiger partial charge in [0.2, 0.25) is 15.9 Å². The lowest BCUT2D eigenvalue weighted by Crippen LogP contribution is -2.38. The second-order valence-corrected chi connectivity index (χ2v) is 11.7. The van der Waals surface area contributed by atoms with Crippen molar-refractivity contribution in [3.63, 3.8) is 0 Å². The fraction of sp³-hybridized carbons (Fsp3) is 0.480. The molecule has 0 aromatic heterocycles. The second kappa shape index (κ2) is 10.7. The zero-order chi connectivity index (χ0) is 25.0. The molecule has 6 nitrogen and oxygen atoms in total. The van der Waals surface area contributed by atoms with Crippen molar-refractivity contribution in [1.29, 1.82) is 0 Å². The number of benzene rings is 2. The number of sulfonamides is 1. The molecule has 0 aliphatic rings. The van der Waals surface area contributed by atoms with Crippen molar-refractivity contribution in [3.05, 3.63) is 53.8 Å². The zero-order valence-electron chi connectivity index (χ0n) is 20.6. The molecule has 1 atom stereocenters. The molecule has 0 radical (unpaired) electrons. The van der Waals surface area contributed by atoms with E-state index in [0.717, 1.165) is 23.4 Å². The van der Waals surface area contributed by atoms with Gasteiger partial charge in [-0.1, -0.05) is 27.7 Å². The Morgan fingerprint density at radius 1 is 1.09 bits per heavy atom. The number of nitrogens with one attached hydrogen (secondary N) is 1. The summed E-state index contributed by atoms with van der Waals surface area (Å²) in [4.78, 5) is 14.4. The molecule has 0 fully saturated rings. The van der Waals surface area contributed by atoms with Gasteiger partial charge in [-0.15, -0.1) is 0 Å². The molecule has 2 rings (SSSR count). The van der Waals surface area contributed by atoms with E-state index in [1.165, 1.54) is 16.4 Å². The highest BCUT2D eigenvalue weighted by Crippen LogP contribution is 2.29. The predicted molar refractivity (Wildman–Crippen MR) is 132 cm³/mol. The fourth-order valence-electron chi connectivity index (χ4n) is 3.50. The number of halogens is 1. The Hall–Kier alpha value is -2.45. The third-order valence-corrected chi connectivity index (χ3v) is 7.34. The van der Waals surface area contributed by atoms with Gasteiger partial charge in [0, 0.05) is 44.5 Å². The Morgan fingerprint density at radius 3 is 2.21 bits per heavy atom. The monoisotopic (exact) mass is 477 g/mol. The Morgan fingerprint density at radius 2 is 1.70 bits per heavy atom. The van der Waals surface area contributed by atoms with E-state index in [4.69, 9.17) is 0 Å². The highest BCUT2D eigenvalue weighted by atomic mass is 32.2. The van der Waals surface area contributed by atoms with E-state index in [-0.39, 0.29) is 28.8 Å². The van der Waals surface area contributed by atoms with Gasteiger partial charge >= 0.3 is 0 Å². The van der Waals surface area contributed by atoms with Crippen LogP contribution in [0.4, 0.5) is 15.8 Å². The molecule has 0 saturated carbocycles. The number of carbonyl (C=O) groups is 1. The summed E-state index contributed by atoms with van der Waals surface area (Å²) in [6.45, 7) is 9.89. The summed E-state index contributed by atoms with van der Waals surface area (Å²) >= 11 is 0. The van der Waals surface area contributed by atoms with Crippen molar-refractivity contribution in [2.45, 2.75) is 64.9 Å². The number of anilines is 2. The van der Waals surface area contributed by atoms with Gasteiger partial charge in [-0.3, -0.25) is 4.79 Å². The number of rotatable bonds is 9. The smallest absolute Gasteiger partial charge is 0.243 e. The maximum absolute atomic E-state index is 13.5. The topological polar surface area (TPSA) is 69.7 Å². The molecule has 0 spiro atoms. The Bertz CT molecular complexity index is 1060. The largest absolute Gasteiger partial charge is 0.377 e. The van der Waals surface area contributed by atoms with Crippen molar-refractivity contribution in [2.24, 2.45) is 5.41 Å². The Kier molecular flexibility index (Phi) is 8.65. The molecule has 182 valence electrons. The first-order valence-corrected chi connectivity index (χ1v) is 12.6. The number of amides is 1. The van der Waals surface area contributed by atoms with Gasteiger partial charge in [0.25, 0.3) is 0 Å². The second-order valence-electron chi connectivity index (χ2n) is 9.78. The SMILES string of the molecule is CC[C@H](C)N(Cc1cc(NC(=O)CC(C)(C)C)ccc1N(C)C)S(=O)(=O)c1ccc(F)cc1. The van der Waals surface area contributed by atoms with E-state index in [1.807, 2.05) is 71.8 Å². The molecule has 0 saturated heterocycles. The van der Waals surface area contributed by atoms with Crippen LogP contribution in [-0.4, -0.2) is 38.8 Å². The first-order chi connectivity index (χ1) is 15.2. The van der Waals surface area contributed by atoms with Crippen LogP contribution in [-0.2, 0) is 21.4 Å². The summed E-state index contributed by atoms with van der Waals surface area (Å²) in [7, 11) is -0.0936. The maximum atomic E-state index is 13.5. The van der Waals surface area contributed by atoms with Gasteiger partial charge in [-0.05, 0) is 66.8 Å². The molecule has 0 bridgehead atoms. The van der Waals surface area contributed by atoms with Gasteiger partial charge in [-0.25, -0.2) is 12.8 Å². The van der Waals surface area contributed by atoms with Crippen LogP contribution in [0.3, 0.4) is 0 Å². The van der Waals surface area contributed by atoms with Crippen LogP contribution in [0.25, 0.3) is 0 Å². The summed E-state index contributed by atoms with van der Waals surface area (Å²) in [6, 6.07) is 10.1. The minimum absolute atomic E-state index is 0.0465. The van der Waals surface area contributed by atoms with Gasteiger partial charge < -0.3 is 10.2 Å². The fourth-order valence-corrected chi connectivity index (χ4v) is 5.19. The van der Waals surface area contributed by atoms with Gasteiger partial charge in [0.15, 0.2) is 0 Å². The van der Waals surface area contributed by atoms with Gasteiger partial charge in [0.05, 0.1) is 4.90 Å². The number of nitrogens with zero attached hydrogens (tertiary/aromatic N) is 2. The van der Waals surface area contributed by atoms with E-state index in [9.17, 15) is 17.6 Å². The lowest BCUT2D eigenvalue weighted by Gasteiger charge is -2.30. The lowest BCUT2D eigenvalue weighted by atomic mass is 9.92. The zero-order valence-corrected chi connectivity index (χ0v) is 21.5. The van der Waals surface area contributed by atoms with Crippen molar-refractivity contribution in [3.8, 4) is 0 Å². The van der Waals surface area contributed by atoms with E-state index in [0.29, 0.717) is 18.5 Å². The average Bonchev–Trinajstić information content (AvgIpc) is 2.70. The van der Waals surface area contributed by atoms with Crippen LogP contribution in [0.1, 0.15) is 53.0 Å². The lowest BCUT2D eigenvalue weighted by molar-refractivity contribution is -0.117. The number of hydrogen-bond acceptors (Lipinski definition) is 4. The molecule has 0 heterocycles. The van der Waals surface area contributed by atoms with Crippen LogP contribution in [0, 0.1) is 11.2 Å². The van der Waals surface area contributed by atoms with E-state index >= 15 is 0 Å². The van der Waals surface area contributed by atoms with Crippen LogP contribution in [0.15, 0.2) is 47.4 Å². The quantitative estimate of drug-likeness (QED) is 0.535. The molecule has 1 N–H and O–H groups in total. The molecule has 0 unspecified atom stereocenters. The van der Waals surface area contributed by atoms with Crippen molar-refractivity contribution in [2.75, 3.05) is 24.3 Å². The molecule has 8 heteroatoms. The summed E-state index contributed by atoms with van der Waals surface area (Å²) < 4.78 is 41.8. The average molecular weight is 478 g/mol. The molecule has 33 heavy (non-hydrogen) atoms. The summed E-state index contributed by atoms with van der Waals surface area (Å²) in [5.74, 6) is -0.582. The minimum Gasteiger partial charge on any atom is -0.377 e. The normalized spacial score (nSPS) is 13.1. The van der Waals surface area contributed by atoms with Crippen LogP contribution in [0.2, 0.25) is 0 Å². The van der Waals surface area contributed by atoms with Gasteiger partial charge in [0.1, 0.15) is 5.82 Å². The molecule has 1 amide bonds. The molecule has 0 aliphatic carbocycles. The first kappa shape index (κ1) is 26.8. The van der Waals surface area contributed by atoms with Crippen molar-refractivity contribution in [1.82, 2.24) is 4.31 Å².